The van der Waals surface area contributed by atoms with E-state index < -0.39 is 11.6 Å². The molecule has 0 saturated carbocycles. The van der Waals surface area contributed by atoms with Gasteiger partial charge in [-0.05, 0) is 75.6 Å². The first-order valence-corrected chi connectivity index (χ1v) is 14.0. The summed E-state index contributed by atoms with van der Waals surface area (Å²) >= 11 is 1.63. The zero-order valence-corrected chi connectivity index (χ0v) is 23.1. The summed E-state index contributed by atoms with van der Waals surface area (Å²) in [5, 5.41) is 9.51. The molecule has 0 aromatic heterocycles. The second-order valence-corrected chi connectivity index (χ2v) is 11.5. The predicted molar refractivity (Wildman–Crippen MR) is 145 cm³/mol. The number of likely N-dealkylation sites (tertiary alicyclic amines) is 2. The molecule has 0 spiro atoms. The van der Waals surface area contributed by atoms with E-state index in [1.807, 2.05) is 66.3 Å². The van der Waals surface area contributed by atoms with Crippen LogP contribution in [0.3, 0.4) is 0 Å². The maximum absolute atomic E-state index is 13.8. The van der Waals surface area contributed by atoms with Crippen molar-refractivity contribution in [2.45, 2.75) is 57.0 Å². The van der Waals surface area contributed by atoms with E-state index in [4.69, 9.17) is 4.74 Å². The summed E-state index contributed by atoms with van der Waals surface area (Å²) in [5.74, 6) is -1.00. The van der Waals surface area contributed by atoms with Crippen molar-refractivity contribution >= 4 is 29.5 Å². The first kappa shape index (κ1) is 27.0. The Labute approximate surface area is 223 Å². The Balaban J connectivity index is 1.67. The van der Waals surface area contributed by atoms with Gasteiger partial charge in [0, 0.05) is 48.5 Å². The number of ether oxygens (including phenoxy) is 1. The predicted octanol–water partition coefficient (Wildman–Crippen LogP) is 5.38. The number of rotatable bonds is 7. The van der Waals surface area contributed by atoms with Gasteiger partial charge in [0.1, 0.15) is 5.75 Å². The summed E-state index contributed by atoms with van der Waals surface area (Å²) in [6, 6.07) is 11.6. The van der Waals surface area contributed by atoms with Gasteiger partial charge < -0.3 is 19.6 Å². The van der Waals surface area contributed by atoms with Crippen LogP contribution in [0, 0.1) is 19.8 Å². The number of amides is 2. The molecule has 1 N–H and O–H groups in total. The Kier molecular flexibility index (Phi) is 7.88. The van der Waals surface area contributed by atoms with Gasteiger partial charge in [-0.25, -0.2) is 9.59 Å². The largest absolute Gasteiger partial charge is 0.478 e. The molecule has 2 heterocycles. The Morgan fingerprint density at radius 3 is 2.11 bits per heavy atom. The molecule has 2 aliphatic rings. The number of carboxylic acid groups (broad SMARTS) is 1. The summed E-state index contributed by atoms with van der Waals surface area (Å²) in [6.07, 6.45) is 4.03. The van der Waals surface area contributed by atoms with E-state index in [1.165, 1.54) is 13.8 Å². The highest BCUT2D eigenvalue weighted by atomic mass is 32.2. The molecule has 8 heteroatoms. The summed E-state index contributed by atoms with van der Waals surface area (Å²) < 4.78 is 5.90. The first-order chi connectivity index (χ1) is 17.5. The lowest BCUT2D eigenvalue weighted by molar-refractivity contribution is -0.152. The van der Waals surface area contributed by atoms with Crippen LogP contribution in [-0.4, -0.2) is 70.7 Å². The highest BCUT2D eigenvalue weighted by Crippen LogP contribution is 2.39. The minimum absolute atomic E-state index is 0.00661. The third-order valence-corrected chi connectivity index (χ3v) is 8.20. The van der Waals surface area contributed by atoms with Crippen molar-refractivity contribution in [3.63, 3.8) is 0 Å². The number of urea groups is 1. The van der Waals surface area contributed by atoms with Crippen LogP contribution in [0.25, 0.3) is 0 Å². The Hall–Kier alpha value is -3.00. The lowest BCUT2D eigenvalue weighted by atomic mass is 9.82. The molecule has 37 heavy (non-hydrogen) atoms. The number of aliphatic carboxylic acids is 1. The molecule has 2 aromatic rings. The van der Waals surface area contributed by atoms with Crippen molar-refractivity contribution in [1.29, 1.82) is 0 Å². The SMILES string of the molecule is CSc1ccc(C(=O)[C@@H]2CN(C(=O)N3CCCC3)C[C@H]2c2cc(C)c(OC(C)(C)C(=O)O)c(C)c2)cc1. The molecular formula is C29H36N2O5S. The lowest BCUT2D eigenvalue weighted by Crippen LogP contribution is -2.40. The second-order valence-electron chi connectivity index (χ2n) is 10.6. The van der Waals surface area contributed by atoms with Crippen LogP contribution in [0.4, 0.5) is 4.79 Å². The van der Waals surface area contributed by atoms with Crippen molar-refractivity contribution in [3.05, 3.63) is 58.7 Å². The topological polar surface area (TPSA) is 87.2 Å². The number of carbonyl (C=O) groups excluding carboxylic acids is 2. The fourth-order valence-electron chi connectivity index (χ4n) is 5.30. The molecule has 2 saturated heterocycles. The Morgan fingerprint density at radius 1 is 0.973 bits per heavy atom. The van der Waals surface area contributed by atoms with Crippen molar-refractivity contribution in [2.24, 2.45) is 5.92 Å². The van der Waals surface area contributed by atoms with Crippen LogP contribution >= 0.6 is 11.8 Å². The first-order valence-electron chi connectivity index (χ1n) is 12.8. The van der Waals surface area contributed by atoms with E-state index in [2.05, 4.69) is 0 Å². The highest BCUT2D eigenvalue weighted by Gasteiger charge is 2.42. The van der Waals surface area contributed by atoms with E-state index in [1.54, 1.807) is 11.8 Å². The van der Waals surface area contributed by atoms with Crippen molar-refractivity contribution in [2.75, 3.05) is 32.4 Å². The van der Waals surface area contributed by atoms with Gasteiger partial charge in [-0.1, -0.05) is 24.3 Å². The van der Waals surface area contributed by atoms with Gasteiger partial charge in [0.05, 0.1) is 0 Å². The number of thioether (sulfide) groups is 1. The molecule has 2 fully saturated rings. The molecule has 0 radical (unpaired) electrons. The molecule has 2 amide bonds. The number of carbonyl (C=O) groups is 3. The molecular weight excluding hydrogens is 488 g/mol. The highest BCUT2D eigenvalue weighted by molar-refractivity contribution is 7.98. The molecule has 0 aliphatic carbocycles. The molecule has 0 bridgehead atoms. The van der Waals surface area contributed by atoms with Crippen LogP contribution in [0.15, 0.2) is 41.3 Å². The van der Waals surface area contributed by atoms with Gasteiger partial charge >= 0.3 is 12.0 Å². The molecule has 4 rings (SSSR count). The number of carboxylic acids is 1. The number of hydrogen-bond acceptors (Lipinski definition) is 5. The Bertz CT molecular complexity index is 1160. The van der Waals surface area contributed by atoms with Gasteiger partial charge in [-0.3, -0.25) is 4.79 Å². The van der Waals surface area contributed by atoms with Gasteiger partial charge in [0.2, 0.25) is 0 Å². The van der Waals surface area contributed by atoms with E-state index in [0.717, 1.165) is 47.5 Å². The maximum atomic E-state index is 13.8. The normalized spacial score (nSPS) is 19.8. The molecule has 2 aromatic carbocycles. The van der Waals surface area contributed by atoms with Crippen LogP contribution in [0.1, 0.15) is 59.7 Å². The number of aryl methyl sites for hydroxylation is 2. The molecule has 2 aliphatic heterocycles. The van der Waals surface area contributed by atoms with Crippen molar-refractivity contribution in [1.82, 2.24) is 9.80 Å². The van der Waals surface area contributed by atoms with E-state index in [0.29, 0.717) is 24.4 Å². The average Bonchev–Trinajstić information content (AvgIpc) is 3.56. The Morgan fingerprint density at radius 2 is 1.57 bits per heavy atom. The zero-order chi connectivity index (χ0) is 26.9. The summed E-state index contributed by atoms with van der Waals surface area (Å²) in [7, 11) is 0. The molecule has 7 nitrogen and oxygen atoms in total. The zero-order valence-electron chi connectivity index (χ0n) is 22.2. The van der Waals surface area contributed by atoms with Gasteiger partial charge in [0.15, 0.2) is 11.4 Å². The van der Waals surface area contributed by atoms with Gasteiger partial charge in [0.25, 0.3) is 0 Å². The summed E-state index contributed by atoms with van der Waals surface area (Å²) in [4.78, 5) is 43.5. The fourth-order valence-corrected chi connectivity index (χ4v) is 5.71. The minimum Gasteiger partial charge on any atom is -0.478 e. The number of Topliss-reactive ketones (excluding diaryl/α,β-unsaturated/α-hetero) is 1. The number of nitrogens with zero attached hydrogens (tertiary/aromatic N) is 2. The van der Waals surface area contributed by atoms with Crippen molar-refractivity contribution < 1.29 is 24.2 Å². The maximum Gasteiger partial charge on any atom is 0.347 e. The summed E-state index contributed by atoms with van der Waals surface area (Å²) in [5.41, 5.74) is 1.87. The van der Waals surface area contributed by atoms with Crippen LogP contribution in [0.5, 0.6) is 5.75 Å². The summed E-state index contributed by atoms with van der Waals surface area (Å²) in [6.45, 7) is 9.21. The number of hydrogen-bond donors (Lipinski definition) is 1. The quantitative estimate of drug-likeness (QED) is 0.387. The smallest absolute Gasteiger partial charge is 0.347 e. The minimum atomic E-state index is -1.37. The number of ketones is 1. The monoisotopic (exact) mass is 524 g/mol. The van der Waals surface area contributed by atoms with E-state index >= 15 is 0 Å². The standard InChI is InChI=1S/C29H36N2O5S/c1-18-14-21(15-19(2)26(18)36-29(3,4)27(33)34)23-16-31(28(35)30-12-6-7-13-30)17-24(23)25(32)20-8-10-22(37-5)11-9-20/h8-11,14-15,23-24H,6-7,12-13,16-17H2,1-5H3,(H,33,34)/t23-,24+/m0/s1. The van der Waals surface area contributed by atoms with E-state index in [9.17, 15) is 19.5 Å². The number of benzene rings is 2. The third-order valence-electron chi connectivity index (χ3n) is 7.46. The van der Waals surface area contributed by atoms with Crippen LogP contribution in [0.2, 0.25) is 0 Å². The molecule has 198 valence electrons. The molecule has 2 atom stereocenters. The average molecular weight is 525 g/mol. The van der Waals surface area contributed by atoms with E-state index in [-0.39, 0.29) is 23.7 Å². The fraction of sp³-hybridized carbons (Fsp3) is 0.483. The van der Waals surface area contributed by atoms with Gasteiger partial charge in [-0.2, -0.15) is 0 Å². The lowest BCUT2D eigenvalue weighted by Gasteiger charge is -2.26. The molecule has 0 unspecified atom stereocenters. The van der Waals surface area contributed by atoms with Crippen LogP contribution < -0.4 is 4.74 Å². The van der Waals surface area contributed by atoms with Crippen molar-refractivity contribution in [3.8, 4) is 5.75 Å². The second kappa shape index (κ2) is 10.8. The third kappa shape index (κ3) is 5.64. The van der Waals surface area contributed by atoms with Gasteiger partial charge in [-0.15, -0.1) is 11.8 Å². The van der Waals surface area contributed by atoms with Crippen LogP contribution in [-0.2, 0) is 4.79 Å².